The Labute approximate surface area is 123 Å². The van der Waals surface area contributed by atoms with Crippen molar-refractivity contribution in [1.82, 2.24) is 9.62 Å². The summed E-state index contributed by atoms with van der Waals surface area (Å²) in [7, 11) is -3.46. The number of rotatable bonds is 7. The van der Waals surface area contributed by atoms with E-state index in [0.29, 0.717) is 17.0 Å². The van der Waals surface area contributed by atoms with Crippen LogP contribution in [-0.4, -0.2) is 39.5 Å². The fraction of sp³-hybridized carbons (Fsp3) is 0.600. The molecule has 0 aromatic heterocycles. The highest BCUT2D eigenvalue weighted by Crippen LogP contribution is 2.20. The Bertz CT molecular complexity index is 526. The summed E-state index contributed by atoms with van der Waals surface area (Å²) >= 11 is 0. The number of aryl methyl sites for hydroxylation is 3. The van der Waals surface area contributed by atoms with Crippen LogP contribution in [0.4, 0.5) is 0 Å². The van der Waals surface area contributed by atoms with E-state index in [1.54, 1.807) is 6.92 Å². The molecule has 1 N–H and O–H groups in total. The van der Waals surface area contributed by atoms with Crippen molar-refractivity contribution in [2.75, 3.05) is 26.2 Å². The second kappa shape index (κ2) is 7.20. The fourth-order valence-electron chi connectivity index (χ4n) is 2.44. The van der Waals surface area contributed by atoms with Crippen molar-refractivity contribution in [3.8, 4) is 0 Å². The fourth-order valence-corrected chi connectivity index (χ4v) is 3.88. The first-order valence-corrected chi connectivity index (χ1v) is 8.52. The first-order chi connectivity index (χ1) is 9.31. The number of nitrogens with one attached hydrogen (secondary N) is 1. The molecule has 1 rings (SSSR count). The molecule has 0 atom stereocenters. The van der Waals surface area contributed by atoms with Gasteiger partial charge in [0.25, 0.3) is 0 Å². The van der Waals surface area contributed by atoms with Crippen LogP contribution in [0.2, 0.25) is 0 Å². The maximum Gasteiger partial charge on any atom is 0.241 e. The van der Waals surface area contributed by atoms with Crippen molar-refractivity contribution >= 4 is 10.0 Å². The molecule has 0 heterocycles. The summed E-state index contributed by atoms with van der Waals surface area (Å²) in [5.74, 6) is 0. The molecule has 0 amide bonds. The highest BCUT2D eigenvalue weighted by Gasteiger charge is 2.19. The Morgan fingerprint density at radius 3 is 2.30 bits per heavy atom. The highest BCUT2D eigenvalue weighted by molar-refractivity contribution is 7.89. The minimum Gasteiger partial charge on any atom is -0.303 e. The average molecular weight is 297 g/mol. The van der Waals surface area contributed by atoms with Gasteiger partial charge in [-0.05, 0) is 56.6 Å². The van der Waals surface area contributed by atoms with Gasteiger partial charge >= 0.3 is 0 Å². The van der Waals surface area contributed by atoms with E-state index in [9.17, 15) is 8.42 Å². The summed E-state index contributed by atoms with van der Waals surface area (Å²) in [4.78, 5) is 2.55. The molecule has 0 saturated heterocycles. The smallest absolute Gasteiger partial charge is 0.241 e. The lowest BCUT2D eigenvalue weighted by molar-refractivity contribution is 0.309. The zero-order valence-corrected chi connectivity index (χ0v) is 13.9. The number of nitrogens with zero attached hydrogens (tertiary/aromatic N) is 1. The Kier molecular flexibility index (Phi) is 6.17. The van der Waals surface area contributed by atoms with Crippen LogP contribution in [0.15, 0.2) is 11.0 Å². The second-order valence-electron chi connectivity index (χ2n) is 5.01. The van der Waals surface area contributed by atoms with Crippen LogP contribution < -0.4 is 4.72 Å². The molecular weight excluding hydrogens is 272 g/mol. The molecule has 20 heavy (non-hydrogen) atoms. The number of benzene rings is 1. The van der Waals surface area contributed by atoms with Crippen molar-refractivity contribution < 1.29 is 8.42 Å². The SMILES string of the molecule is CCN(CC)CCNS(=O)(=O)c1c(C)[c]c(C)cc1C. The Balaban J connectivity index is 2.85. The molecule has 0 aliphatic heterocycles. The molecular formula is C15H25N2O2S. The normalized spacial score (nSPS) is 12.1. The minimum absolute atomic E-state index is 0.364. The largest absolute Gasteiger partial charge is 0.303 e. The van der Waals surface area contributed by atoms with Gasteiger partial charge in [0.2, 0.25) is 10.0 Å². The molecule has 4 nitrogen and oxygen atoms in total. The lowest BCUT2D eigenvalue weighted by Gasteiger charge is -2.19. The quantitative estimate of drug-likeness (QED) is 0.838. The summed E-state index contributed by atoms with van der Waals surface area (Å²) in [5, 5.41) is 0. The van der Waals surface area contributed by atoms with E-state index in [2.05, 4.69) is 29.5 Å². The summed E-state index contributed by atoms with van der Waals surface area (Å²) in [6.45, 7) is 12.7. The maximum absolute atomic E-state index is 12.4. The Hall–Kier alpha value is -0.910. The third-order valence-corrected chi connectivity index (χ3v) is 5.15. The third kappa shape index (κ3) is 4.30. The van der Waals surface area contributed by atoms with E-state index in [0.717, 1.165) is 30.8 Å². The minimum atomic E-state index is -3.46. The molecule has 1 radical (unpaired) electrons. The van der Waals surface area contributed by atoms with Crippen LogP contribution in [-0.2, 0) is 10.0 Å². The van der Waals surface area contributed by atoms with Crippen LogP contribution in [0.25, 0.3) is 0 Å². The van der Waals surface area contributed by atoms with E-state index < -0.39 is 10.0 Å². The lowest BCUT2D eigenvalue weighted by atomic mass is 10.1. The Morgan fingerprint density at radius 2 is 1.80 bits per heavy atom. The van der Waals surface area contributed by atoms with Gasteiger partial charge in [0.15, 0.2) is 0 Å². The average Bonchev–Trinajstić information content (AvgIpc) is 2.32. The summed E-state index contributed by atoms with van der Waals surface area (Å²) < 4.78 is 27.5. The molecule has 1 aromatic rings. The molecule has 0 saturated carbocycles. The van der Waals surface area contributed by atoms with Crippen molar-refractivity contribution in [2.24, 2.45) is 0 Å². The van der Waals surface area contributed by atoms with Crippen molar-refractivity contribution in [2.45, 2.75) is 39.5 Å². The van der Waals surface area contributed by atoms with Gasteiger partial charge in [0.1, 0.15) is 0 Å². The van der Waals surface area contributed by atoms with Crippen LogP contribution >= 0.6 is 0 Å². The van der Waals surface area contributed by atoms with E-state index in [1.807, 2.05) is 19.9 Å². The number of hydrogen-bond acceptors (Lipinski definition) is 3. The van der Waals surface area contributed by atoms with E-state index in [1.165, 1.54) is 0 Å². The van der Waals surface area contributed by atoms with Gasteiger partial charge in [0.05, 0.1) is 4.90 Å². The molecule has 1 aromatic carbocycles. The third-order valence-electron chi connectivity index (χ3n) is 3.40. The van der Waals surface area contributed by atoms with Gasteiger partial charge in [-0.3, -0.25) is 0 Å². The van der Waals surface area contributed by atoms with E-state index >= 15 is 0 Å². The molecule has 0 unspecified atom stereocenters. The van der Waals surface area contributed by atoms with Gasteiger partial charge in [-0.2, -0.15) is 0 Å². The molecule has 113 valence electrons. The van der Waals surface area contributed by atoms with Crippen LogP contribution in [0.3, 0.4) is 0 Å². The molecule has 0 spiro atoms. The zero-order chi connectivity index (χ0) is 15.3. The molecule has 0 aliphatic carbocycles. The summed E-state index contributed by atoms with van der Waals surface area (Å²) in [6.07, 6.45) is 0. The summed E-state index contributed by atoms with van der Waals surface area (Å²) in [5.41, 5.74) is 2.41. The van der Waals surface area contributed by atoms with E-state index in [4.69, 9.17) is 0 Å². The molecule has 0 bridgehead atoms. The second-order valence-corrected chi connectivity index (χ2v) is 6.72. The van der Waals surface area contributed by atoms with Gasteiger partial charge in [0, 0.05) is 13.1 Å². The van der Waals surface area contributed by atoms with Gasteiger partial charge in [-0.25, -0.2) is 13.1 Å². The topological polar surface area (TPSA) is 49.4 Å². The summed E-state index contributed by atoms with van der Waals surface area (Å²) in [6, 6.07) is 4.93. The Morgan fingerprint density at radius 1 is 1.20 bits per heavy atom. The van der Waals surface area contributed by atoms with Gasteiger partial charge < -0.3 is 4.90 Å². The molecule has 5 heteroatoms. The molecule has 0 aliphatic rings. The number of sulfonamides is 1. The predicted molar refractivity (Wildman–Crippen MR) is 82.5 cm³/mol. The zero-order valence-electron chi connectivity index (χ0n) is 13.1. The predicted octanol–water partition coefficient (Wildman–Crippen LogP) is 2.03. The van der Waals surface area contributed by atoms with Crippen LogP contribution in [0.5, 0.6) is 0 Å². The monoisotopic (exact) mass is 297 g/mol. The van der Waals surface area contributed by atoms with Crippen LogP contribution in [0, 0.1) is 26.8 Å². The maximum atomic E-state index is 12.4. The number of likely N-dealkylation sites (N-methyl/N-ethyl adjacent to an activating group) is 1. The van der Waals surface area contributed by atoms with Crippen molar-refractivity contribution in [3.63, 3.8) is 0 Å². The van der Waals surface area contributed by atoms with E-state index in [-0.39, 0.29) is 0 Å². The number of hydrogen-bond donors (Lipinski definition) is 1. The highest BCUT2D eigenvalue weighted by atomic mass is 32.2. The van der Waals surface area contributed by atoms with Crippen molar-refractivity contribution in [3.05, 3.63) is 28.8 Å². The van der Waals surface area contributed by atoms with Gasteiger partial charge in [-0.15, -0.1) is 0 Å². The molecule has 0 fully saturated rings. The van der Waals surface area contributed by atoms with Gasteiger partial charge in [-0.1, -0.05) is 19.9 Å². The van der Waals surface area contributed by atoms with Crippen LogP contribution in [0.1, 0.15) is 30.5 Å². The lowest BCUT2D eigenvalue weighted by Crippen LogP contribution is -2.35. The first kappa shape index (κ1) is 17.1. The van der Waals surface area contributed by atoms with Crippen molar-refractivity contribution in [1.29, 1.82) is 0 Å². The standard InChI is InChI=1S/C15H25N2O2S/c1-6-17(7-2)9-8-16-20(18,19)15-13(4)10-12(3)11-14(15)5/h10,16H,6-9H2,1-5H3. The first-order valence-electron chi connectivity index (χ1n) is 7.04.